The van der Waals surface area contributed by atoms with Crippen LogP contribution in [0.2, 0.25) is 0 Å². The topological polar surface area (TPSA) is 74.8 Å². The van der Waals surface area contributed by atoms with Gasteiger partial charge in [0, 0.05) is 50.6 Å². The number of halogens is 1. The van der Waals surface area contributed by atoms with E-state index >= 15 is 0 Å². The van der Waals surface area contributed by atoms with E-state index in [0.29, 0.717) is 19.6 Å². The average molecular weight is 366 g/mol. The molecule has 7 nitrogen and oxygen atoms in total. The largest absolute Gasteiger partial charge is 0.444 e. The highest BCUT2D eigenvalue weighted by Gasteiger charge is 2.25. The average Bonchev–Trinajstić information content (AvgIpc) is 2.57. The number of rotatable bonds is 5. The van der Waals surface area contributed by atoms with Crippen molar-refractivity contribution in [2.24, 2.45) is 0 Å². The molecule has 1 aromatic heterocycles. The van der Waals surface area contributed by atoms with Crippen LogP contribution < -0.4 is 5.32 Å². The molecule has 26 heavy (non-hydrogen) atoms. The molecule has 0 saturated carbocycles. The van der Waals surface area contributed by atoms with Crippen LogP contribution in [-0.2, 0) is 4.74 Å². The van der Waals surface area contributed by atoms with Gasteiger partial charge in [0.05, 0.1) is 0 Å². The molecule has 2 amide bonds. The van der Waals surface area contributed by atoms with E-state index in [-0.39, 0.29) is 17.6 Å². The van der Waals surface area contributed by atoms with Gasteiger partial charge in [-0.15, -0.1) is 0 Å². The Morgan fingerprint density at radius 2 is 1.96 bits per heavy atom. The number of carbonyl (C=O) groups excluding carboxylic acids is 2. The Kier molecular flexibility index (Phi) is 6.90. The van der Waals surface area contributed by atoms with E-state index in [1.807, 2.05) is 20.8 Å². The highest BCUT2D eigenvalue weighted by atomic mass is 19.1. The fourth-order valence-corrected chi connectivity index (χ4v) is 2.63. The zero-order valence-corrected chi connectivity index (χ0v) is 15.6. The van der Waals surface area contributed by atoms with Crippen molar-refractivity contribution >= 4 is 12.0 Å². The third-order valence-corrected chi connectivity index (χ3v) is 3.95. The summed E-state index contributed by atoms with van der Waals surface area (Å²) in [6, 6.07) is 2.60. The van der Waals surface area contributed by atoms with E-state index in [0.717, 1.165) is 32.1 Å². The van der Waals surface area contributed by atoms with Crippen molar-refractivity contribution in [3.8, 4) is 0 Å². The van der Waals surface area contributed by atoms with Crippen molar-refractivity contribution in [1.82, 2.24) is 20.1 Å². The standard InChI is InChI=1S/C18H27FN4O3/c1-18(2,3)26-17(25)23-11-9-22(10-12-23)8-4-6-21-16(24)14-5-7-20-15(19)13-14/h5,7,13H,4,6,8-12H2,1-3H3,(H,21,24). The molecular formula is C18H27FN4O3. The van der Waals surface area contributed by atoms with Crippen LogP contribution in [0.1, 0.15) is 37.6 Å². The molecule has 144 valence electrons. The van der Waals surface area contributed by atoms with Crippen molar-refractivity contribution in [2.45, 2.75) is 32.8 Å². The van der Waals surface area contributed by atoms with Crippen molar-refractivity contribution in [1.29, 1.82) is 0 Å². The molecule has 1 aromatic rings. The lowest BCUT2D eigenvalue weighted by Crippen LogP contribution is -2.50. The summed E-state index contributed by atoms with van der Waals surface area (Å²) in [6.07, 6.45) is 1.79. The Morgan fingerprint density at radius 1 is 1.27 bits per heavy atom. The smallest absolute Gasteiger partial charge is 0.410 e. The van der Waals surface area contributed by atoms with Crippen molar-refractivity contribution in [3.63, 3.8) is 0 Å². The lowest BCUT2D eigenvalue weighted by atomic mass is 10.2. The number of nitrogens with one attached hydrogen (secondary N) is 1. The van der Waals surface area contributed by atoms with Crippen molar-refractivity contribution in [2.75, 3.05) is 39.3 Å². The molecule has 1 saturated heterocycles. The summed E-state index contributed by atoms with van der Waals surface area (Å²) in [7, 11) is 0. The molecule has 0 atom stereocenters. The Morgan fingerprint density at radius 3 is 2.58 bits per heavy atom. The third kappa shape index (κ3) is 6.59. The minimum atomic E-state index is -0.666. The fraction of sp³-hybridized carbons (Fsp3) is 0.611. The summed E-state index contributed by atoms with van der Waals surface area (Å²) in [5, 5.41) is 2.77. The Hall–Kier alpha value is -2.22. The van der Waals surface area contributed by atoms with Crippen LogP contribution in [0.4, 0.5) is 9.18 Å². The second-order valence-corrected chi connectivity index (χ2v) is 7.29. The number of pyridine rings is 1. The monoisotopic (exact) mass is 366 g/mol. The molecule has 2 rings (SSSR count). The van der Waals surface area contributed by atoms with Crippen molar-refractivity contribution in [3.05, 3.63) is 29.8 Å². The van der Waals surface area contributed by atoms with Gasteiger partial charge in [0.15, 0.2) is 0 Å². The van der Waals surface area contributed by atoms with Crippen molar-refractivity contribution < 1.29 is 18.7 Å². The number of carbonyl (C=O) groups is 2. The van der Waals surface area contributed by atoms with Crippen LogP contribution in [0.15, 0.2) is 18.3 Å². The molecule has 1 fully saturated rings. The van der Waals surface area contributed by atoms with Gasteiger partial charge in [-0.1, -0.05) is 0 Å². The number of ether oxygens (including phenoxy) is 1. The molecule has 0 unspecified atom stereocenters. The summed E-state index contributed by atoms with van der Waals surface area (Å²) in [5.74, 6) is -0.971. The third-order valence-electron chi connectivity index (χ3n) is 3.95. The fourth-order valence-electron chi connectivity index (χ4n) is 2.63. The number of piperazine rings is 1. The molecule has 0 aliphatic carbocycles. The first-order valence-corrected chi connectivity index (χ1v) is 8.84. The maximum absolute atomic E-state index is 13.0. The Balaban J connectivity index is 1.63. The first kappa shape index (κ1) is 20.1. The highest BCUT2D eigenvalue weighted by molar-refractivity contribution is 5.93. The van der Waals surface area contributed by atoms with E-state index in [9.17, 15) is 14.0 Å². The van der Waals surface area contributed by atoms with Crippen LogP contribution in [0.25, 0.3) is 0 Å². The van der Waals surface area contributed by atoms with Crippen LogP contribution in [0.5, 0.6) is 0 Å². The lowest BCUT2D eigenvalue weighted by molar-refractivity contribution is 0.0144. The number of amides is 2. The van der Waals surface area contributed by atoms with Gasteiger partial charge in [-0.05, 0) is 39.8 Å². The van der Waals surface area contributed by atoms with Gasteiger partial charge in [-0.2, -0.15) is 4.39 Å². The number of aromatic nitrogens is 1. The molecule has 0 bridgehead atoms. The summed E-state index contributed by atoms with van der Waals surface area (Å²) >= 11 is 0. The van der Waals surface area contributed by atoms with Gasteiger partial charge in [-0.3, -0.25) is 9.69 Å². The van der Waals surface area contributed by atoms with E-state index in [2.05, 4.69) is 15.2 Å². The second-order valence-electron chi connectivity index (χ2n) is 7.29. The summed E-state index contributed by atoms with van der Waals surface area (Å²) in [4.78, 5) is 31.3. The first-order valence-electron chi connectivity index (χ1n) is 8.84. The molecule has 1 N–H and O–H groups in total. The summed E-state index contributed by atoms with van der Waals surface area (Å²) < 4.78 is 18.4. The molecule has 1 aliphatic heterocycles. The van der Waals surface area contributed by atoms with E-state index in [1.54, 1.807) is 4.90 Å². The number of hydrogen-bond acceptors (Lipinski definition) is 5. The Labute approximate surface area is 153 Å². The van der Waals surface area contributed by atoms with Gasteiger partial charge < -0.3 is 15.0 Å². The quantitative estimate of drug-likeness (QED) is 0.636. The van der Waals surface area contributed by atoms with Gasteiger partial charge in [0.2, 0.25) is 5.95 Å². The Bertz CT molecular complexity index is 625. The molecule has 0 spiro atoms. The number of hydrogen-bond donors (Lipinski definition) is 1. The number of nitrogens with zero attached hydrogens (tertiary/aromatic N) is 3. The zero-order chi connectivity index (χ0) is 19.2. The predicted octanol–water partition coefficient (Wildman–Crippen LogP) is 1.89. The van der Waals surface area contributed by atoms with Crippen LogP contribution in [0, 0.1) is 5.95 Å². The van der Waals surface area contributed by atoms with Gasteiger partial charge in [0.25, 0.3) is 5.91 Å². The first-order chi connectivity index (χ1) is 12.2. The zero-order valence-electron chi connectivity index (χ0n) is 15.6. The van der Waals surface area contributed by atoms with Crippen LogP contribution >= 0.6 is 0 Å². The van der Waals surface area contributed by atoms with Gasteiger partial charge >= 0.3 is 6.09 Å². The maximum atomic E-state index is 13.0. The molecule has 0 radical (unpaired) electrons. The minimum absolute atomic E-state index is 0.267. The predicted molar refractivity (Wildman–Crippen MR) is 95.4 cm³/mol. The van der Waals surface area contributed by atoms with Gasteiger partial charge in [-0.25, -0.2) is 9.78 Å². The molecule has 2 heterocycles. The normalized spacial score (nSPS) is 15.6. The second kappa shape index (κ2) is 8.93. The minimum Gasteiger partial charge on any atom is -0.444 e. The molecule has 8 heteroatoms. The highest BCUT2D eigenvalue weighted by Crippen LogP contribution is 2.12. The van der Waals surface area contributed by atoms with E-state index < -0.39 is 11.5 Å². The molecule has 1 aliphatic rings. The van der Waals surface area contributed by atoms with Crippen LogP contribution in [0.3, 0.4) is 0 Å². The molecule has 0 aromatic carbocycles. The SMILES string of the molecule is CC(C)(C)OC(=O)N1CCN(CCCNC(=O)c2ccnc(F)c2)CC1. The summed E-state index contributed by atoms with van der Waals surface area (Å²) in [6.45, 7) is 9.74. The van der Waals surface area contributed by atoms with Gasteiger partial charge in [0.1, 0.15) is 5.60 Å². The van der Waals surface area contributed by atoms with E-state index in [4.69, 9.17) is 4.74 Å². The van der Waals surface area contributed by atoms with E-state index in [1.165, 1.54) is 12.3 Å². The lowest BCUT2D eigenvalue weighted by Gasteiger charge is -2.35. The van der Waals surface area contributed by atoms with Crippen LogP contribution in [-0.4, -0.2) is 71.7 Å². The summed E-state index contributed by atoms with van der Waals surface area (Å²) in [5.41, 5.74) is -0.215. The maximum Gasteiger partial charge on any atom is 0.410 e. The molecular weight excluding hydrogens is 339 g/mol.